The Bertz CT molecular complexity index is 793. The molecule has 2 saturated heterocycles. The molecule has 3 fully saturated rings. The summed E-state index contributed by atoms with van der Waals surface area (Å²) in [5, 5.41) is 7.36. The predicted molar refractivity (Wildman–Crippen MR) is 128 cm³/mol. The van der Waals surface area contributed by atoms with Crippen LogP contribution in [0.5, 0.6) is 5.75 Å². The van der Waals surface area contributed by atoms with Gasteiger partial charge in [-0.2, -0.15) is 0 Å². The van der Waals surface area contributed by atoms with Crippen molar-refractivity contribution in [1.29, 1.82) is 0 Å². The van der Waals surface area contributed by atoms with Gasteiger partial charge in [0.05, 0.1) is 12.6 Å². The van der Waals surface area contributed by atoms with Crippen LogP contribution >= 0.6 is 0 Å². The maximum Gasteiger partial charge on any atom is 0.191 e. The minimum Gasteiger partial charge on any atom is -0.487 e. The number of ether oxygens (including phenoxy) is 2. The SMILES string of the molecule is CCNC(=NCC1(N2CCCC2)CCOCC1)NC1CC2(CCCC2)Oc2ccccc21. The van der Waals surface area contributed by atoms with Gasteiger partial charge in [0.15, 0.2) is 5.96 Å². The number of benzene rings is 1. The number of para-hydroxylation sites is 1. The summed E-state index contributed by atoms with van der Waals surface area (Å²) in [5.74, 6) is 1.99. The minimum atomic E-state index is -0.0131. The summed E-state index contributed by atoms with van der Waals surface area (Å²) in [6, 6.07) is 8.79. The summed E-state index contributed by atoms with van der Waals surface area (Å²) in [6.45, 7) is 7.96. The van der Waals surface area contributed by atoms with Crippen LogP contribution in [0.4, 0.5) is 0 Å². The number of nitrogens with zero attached hydrogens (tertiary/aromatic N) is 2. The molecule has 2 N–H and O–H groups in total. The van der Waals surface area contributed by atoms with Gasteiger partial charge in [-0.1, -0.05) is 18.2 Å². The molecule has 1 unspecified atom stereocenters. The second-order valence-electron chi connectivity index (χ2n) is 10.2. The average molecular weight is 441 g/mol. The third-order valence-electron chi connectivity index (χ3n) is 8.10. The Balaban J connectivity index is 1.37. The number of rotatable bonds is 5. The maximum absolute atomic E-state index is 6.57. The van der Waals surface area contributed by atoms with E-state index >= 15 is 0 Å². The third kappa shape index (κ3) is 4.49. The molecular formula is C26H40N4O2. The van der Waals surface area contributed by atoms with Crippen LogP contribution in [0.3, 0.4) is 0 Å². The molecule has 4 aliphatic rings. The standard InChI is InChI=1S/C26H40N4O2/c1-2-27-24(28-20-25(13-17-31-18-14-25)30-15-7-8-16-30)29-22-19-26(11-5-6-12-26)32-23-10-4-3-9-21(22)23/h3-4,9-10,22H,2,5-8,11-20H2,1H3,(H2,27,28,29). The second kappa shape index (κ2) is 9.60. The van der Waals surface area contributed by atoms with Gasteiger partial charge in [0.25, 0.3) is 0 Å². The Morgan fingerprint density at radius 3 is 2.56 bits per heavy atom. The molecule has 6 nitrogen and oxygen atoms in total. The van der Waals surface area contributed by atoms with E-state index in [1.807, 2.05) is 0 Å². The zero-order valence-electron chi connectivity index (χ0n) is 19.7. The molecule has 0 amide bonds. The molecule has 1 aromatic rings. The summed E-state index contributed by atoms with van der Waals surface area (Å²) in [4.78, 5) is 7.89. The van der Waals surface area contributed by atoms with Crippen LogP contribution in [0, 0.1) is 0 Å². The zero-order valence-corrected chi connectivity index (χ0v) is 19.7. The number of guanidine groups is 1. The van der Waals surface area contributed by atoms with Gasteiger partial charge in [-0.15, -0.1) is 0 Å². The molecule has 3 aliphatic heterocycles. The Morgan fingerprint density at radius 2 is 1.81 bits per heavy atom. The van der Waals surface area contributed by atoms with Gasteiger partial charge < -0.3 is 20.1 Å². The van der Waals surface area contributed by atoms with Crippen LogP contribution in [0.25, 0.3) is 0 Å². The lowest BCUT2D eigenvalue weighted by Gasteiger charge is -2.44. The van der Waals surface area contributed by atoms with Crippen LogP contribution in [0.15, 0.2) is 29.3 Å². The molecule has 1 atom stereocenters. The van der Waals surface area contributed by atoms with Crippen LogP contribution < -0.4 is 15.4 Å². The molecule has 1 spiro atoms. The van der Waals surface area contributed by atoms with Crippen molar-refractivity contribution < 1.29 is 9.47 Å². The molecule has 1 aromatic carbocycles. The Morgan fingerprint density at radius 1 is 1.06 bits per heavy atom. The van der Waals surface area contributed by atoms with Crippen molar-refractivity contribution in [3.63, 3.8) is 0 Å². The molecule has 5 rings (SSSR count). The summed E-state index contributed by atoms with van der Waals surface area (Å²) in [7, 11) is 0. The Labute approximate surface area is 193 Å². The molecule has 0 radical (unpaired) electrons. The van der Waals surface area contributed by atoms with Crippen LogP contribution in [0.2, 0.25) is 0 Å². The van der Waals surface area contributed by atoms with E-state index in [-0.39, 0.29) is 17.2 Å². The molecule has 32 heavy (non-hydrogen) atoms. The third-order valence-corrected chi connectivity index (χ3v) is 8.10. The van der Waals surface area contributed by atoms with Crippen LogP contribution in [0.1, 0.15) is 76.3 Å². The lowest BCUT2D eigenvalue weighted by Crippen LogP contribution is -2.54. The second-order valence-corrected chi connectivity index (χ2v) is 10.2. The van der Waals surface area contributed by atoms with E-state index < -0.39 is 0 Å². The normalized spacial score (nSPS) is 27.2. The van der Waals surface area contributed by atoms with Crippen molar-refractivity contribution in [3.8, 4) is 5.75 Å². The number of aliphatic imine (C=N–C) groups is 1. The average Bonchev–Trinajstić information content (AvgIpc) is 3.51. The lowest BCUT2D eigenvalue weighted by molar-refractivity contribution is -0.0139. The molecule has 3 heterocycles. The topological polar surface area (TPSA) is 58.1 Å². The summed E-state index contributed by atoms with van der Waals surface area (Å²) in [5.41, 5.74) is 1.40. The smallest absolute Gasteiger partial charge is 0.191 e. The molecule has 6 heteroatoms. The van der Waals surface area contributed by atoms with Gasteiger partial charge in [0.2, 0.25) is 0 Å². The quantitative estimate of drug-likeness (QED) is 0.535. The van der Waals surface area contributed by atoms with Crippen molar-refractivity contribution in [2.75, 3.05) is 39.4 Å². The first-order valence-corrected chi connectivity index (χ1v) is 12.9. The van der Waals surface area contributed by atoms with Crippen molar-refractivity contribution in [1.82, 2.24) is 15.5 Å². The number of fused-ring (bicyclic) bond motifs is 1. The van der Waals surface area contributed by atoms with E-state index in [4.69, 9.17) is 14.5 Å². The minimum absolute atomic E-state index is 0.0131. The van der Waals surface area contributed by atoms with Gasteiger partial charge in [0, 0.05) is 37.3 Å². The highest BCUT2D eigenvalue weighted by atomic mass is 16.5. The van der Waals surface area contributed by atoms with Crippen LogP contribution in [-0.4, -0.2) is 61.4 Å². The molecule has 1 saturated carbocycles. The first-order chi connectivity index (χ1) is 15.7. The largest absolute Gasteiger partial charge is 0.487 e. The summed E-state index contributed by atoms with van der Waals surface area (Å²) in [6.07, 6.45) is 10.7. The summed E-state index contributed by atoms with van der Waals surface area (Å²) >= 11 is 0. The monoisotopic (exact) mass is 440 g/mol. The molecule has 0 aromatic heterocycles. The van der Waals surface area contributed by atoms with E-state index in [1.165, 1.54) is 44.3 Å². The maximum atomic E-state index is 6.57. The van der Waals surface area contributed by atoms with Gasteiger partial charge in [-0.25, -0.2) is 0 Å². The van der Waals surface area contributed by atoms with Crippen molar-refractivity contribution in [2.45, 2.75) is 81.9 Å². The van der Waals surface area contributed by atoms with Crippen molar-refractivity contribution in [3.05, 3.63) is 29.8 Å². The number of hydrogen-bond acceptors (Lipinski definition) is 4. The molecule has 1 aliphatic carbocycles. The van der Waals surface area contributed by atoms with Gasteiger partial charge >= 0.3 is 0 Å². The molecule has 0 bridgehead atoms. The number of hydrogen-bond donors (Lipinski definition) is 2. The lowest BCUT2D eigenvalue weighted by atomic mass is 9.86. The van der Waals surface area contributed by atoms with Crippen LogP contribution in [-0.2, 0) is 4.74 Å². The first-order valence-electron chi connectivity index (χ1n) is 12.9. The highest BCUT2D eigenvalue weighted by Crippen LogP contribution is 2.47. The molecule has 176 valence electrons. The van der Waals surface area contributed by atoms with Crippen molar-refractivity contribution >= 4 is 5.96 Å². The van der Waals surface area contributed by atoms with Gasteiger partial charge in [-0.3, -0.25) is 9.89 Å². The fourth-order valence-electron chi connectivity index (χ4n) is 6.30. The van der Waals surface area contributed by atoms with E-state index in [1.54, 1.807) is 0 Å². The van der Waals surface area contributed by atoms with E-state index in [9.17, 15) is 0 Å². The van der Waals surface area contributed by atoms with Gasteiger partial charge in [0.1, 0.15) is 11.4 Å². The number of nitrogens with one attached hydrogen (secondary N) is 2. The van der Waals surface area contributed by atoms with E-state index in [2.05, 4.69) is 46.7 Å². The highest BCUT2D eigenvalue weighted by molar-refractivity contribution is 5.80. The van der Waals surface area contributed by atoms with Crippen molar-refractivity contribution in [2.24, 2.45) is 4.99 Å². The fraction of sp³-hybridized carbons (Fsp3) is 0.731. The van der Waals surface area contributed by atoms with Gasteiger partial charge in [-0.05, 0) is 77.4 Å². The first kappa shape index (κ1) is 22.0. The number of likely N-dealkylation sites (tertiary alicyclic amines) is 1. The van der Waals surface area contributed by atoms with E-state index in [0.717, 1.165) is 70.1 Å². The predicted octanol–water partition coefficient (Wildman–Crippen LogP) is 4.02. The highest BCUT2D eigenvalue weighted by Gasteiger charge is 2.43. The Hall–Kier alpha value is -1.79. The Kier molecular flexibility index (Phi) is 6.61. The zero-order chi connectivity index (χ0) is 21.9. The summed E-state index contributed by atoms with van der Waals surface area (Å²) < 4.78 is 12.3. The fourth-order valence-corrected chi connectivity index (χ4v) is 6.30. The van der Waals surface area contributed by atoms with E-state index in [0.29, 0.717) is 0 Å². The molecular weight excluding hydrogens is 400 g/mol.